The summed E-state index contributed by atoms with van der Waals surface area (Å²) < 4.78 is 40.3. The fourth-order valence-corrected chi connectivity index (χ4v) is 23.4. The van der Waals surface area contributed by atoms with Crippen LogP contribution in [0.1, 0.15) is 64.9 Å². The molecule has 186 valence electrons. The number of nitrogens with zero attached hydrogens (tertiary/aromatic N) is 1. The second-order valence-corrected chi connectivity index (χ2v) is 24.5. The maximum atomic E-state index is 13.9. The third-order valence-corrected chi connectivity index (χ3v) is 24.4. The number of fused-ring (bicyclic) bond motifs is 1. The number of ether oxygens (including phenoxy) is 1. The number of hydrogen-bond donors (Lipinski definition) is 0. The molecule has 0 saturated heterocycles. The van der Waals surface area contributed by atoms with Crippen LogP contribution in [0.3, 0.4) is 0 Å². The van der Waals surface area contributed by atoms with Crippen molar-refractivity contribution in [3.05, 3.63) is 54.2 Å². The van der Waals surface area contributed by atoms with E-state index in [1.807, 2.05) is 43.5 Å². The Hall–Kier alpha value is -1.47. The predicted octanol–water partition coefficient (Wildman–Crippen LogP) is 7.25. The Morgan fingerprint density at radius 1 is 0.853 bits per heavy atom. The van der Waals surface area contributed by atoms with Crippen molar-refractivity contribution in [1.29, 1.82) is 0 Å². The first-order chi connectivity index (χ1) is 16.3. The Labute approximate surface area is 210 Å². The van der Waals surface area contributed by atoms with Crippen molar-refractivity contribution in [2.75, 3.05) is 7.11 Å². The fourth-order valence-electron chi connectivity index (χ4n) is 5.14. The molecule has 0 radical (unpaired) electrons. The van der Waals surface area contributed by atoms with Crippen LogP contribution in [-0.2, 0) is 10.0 Å². The van der Waals surface area contributed by atoms with Gasteiger partial charge in [-0.05, 0) is 0 Å². The Morgan fingerprint density at radius 2 is 1.41 bits per heavy atom. The Kier molecular flexibility index (Phi) is 9.56. The van der Waals surface area contributed by atoms with Crippen LogP contribution in [0, 0.1) is 6.92 Å². The second kappa shape index (κ2) is 12.0. The number of unbranched alkanes of at least 4 members (excludes halogenated alkanes) is 3. The standard InChI is InChI=1S/C16H14NO3S.3C4H9.Sn/c1-12-6-8-13(9-7-12)21(18,19)17-11-10-14-15(17)4-3-5-16(14)20-2;3*1-3-4-2;/h3-9,11H,1-2H3;3*1,3-4H2,2H3;. The average Bonchev–Trinajstić information content (AvgIpc) is 3.25. The Bertz CT molecular complexity index is 1160. The number of hydrogen-bond acceptors (Lipinski definition) is 3. The summed E-state index contributed by atoms with van der Waals surface area (Å²) in [6, 6.07) is 13.0. The molecule has 4 nitrogen and oxygen atoms in total. The first kappa shape index (κ1) is 27.1. The molecule has 0 amide bonds. The molecule has 3 aromatic rings. The molecule has 0 atom stereocenters. The zero-order chi connectivity index (χ0) is 24.8. The molecule has 0 spiro atoms. The molecule has 0 aliphatic heterocycles. The summed E-state index contributed by atoms with van der Waals surface area (Å²) >= 11 is -2.96. The summed E-state index contributed by atoms with van der Waals surface area (Å²) in [5.74, 6) is 0.802. The van der Waals surface area contributed by atoms with Gasteiger partial charge in [-0.25, -0.2) is 0 Å². The van der Waals surface area contributed by atoms with Crippen LogP contribution in [0.4, 0.5) is 0 Å². The van der Waals surface area contributed by atoms with Gasteiger partial charge >= 0.3 is 212 Å². The van der Waals surface area contributed by atoms with Gasteiger partial charge in [-0.2, -0.15) is 0 Å². The molecule has 1 aromatic heterocycles. The minimum absolute atomic E-state index is 0.334. The quantitative estimate of drug-likeness (QED) is 0.197. The van der Waals surface area contributed by atoms with E-state index < -0.39 is 28.4 Å². The van der Waals surface area contributed by atoms with Crippen molar-refractivity contribution < 1.29 is 13.2 Å². The van der Waals surface area contributed by atoms with Crippen LogP contribution in [0.2, 0.25) is 13.3 Å². The molecular formula is C28H41NO3SSn. The van der Waals surface area contributed by atoms with Crippen molar-refractivity contribution in [2.24, 2.45) is 0 Å². The molecule has 2 aromatic carbocycles. The van der Waals surface area contributed by atoms with Gasteiger partial charge in [-0.15, -0.1) is 0 Å². The van der Waals surface area contributed by atoms with Gasteiger partial charge in [0.2, 0.25) is 0 Å². The van der Waals surface area contributed by atoms with E-state index in [4.69, 9.17) is 4.74 Å². The molecule has 0 aliphatic rings. The van der Waals surface area contributed by atoms with Crippen LogP contribution in [-0.4, -0.2) is 37.9 Å². The van der Waals surface area contributed by atoms with Gasteiger partial charge in [-0.3, -0.25) is 0 Å². The first-order valence-corrected chi connectivity index (χ1v) is 21.8. The van der Waals surface area contributed by atoms with Crippen molar-refractivity contribution in [1.82, 2.24) is 3.97 Å². The molecule has 0 N–H and O–H groups in total. The molecule has 34 heavy (non-hydrogen) atoms. The van der Waals surface area contributed by atoms with Crippen LogP contribution in [0.25, 0.3) is 10.9 Å². The summed E-state index contributed by atoms with van der Waals surface area (Å²) in [7, 11) is -2.01. The van der Waals surface area contributed by atoms with Crippen molar-refractivity contribution in [3.8, 4) is 5.75 Å². The fraction of sp³-hybridized carbons (Fsp3) is 0.500. The van der Waals surface area contributed by atoms with Crippen molar-refractivity contribution >= 4 is 42.9 Å². The van der Waals surface area contributed by atoms with E-state index in [0.717, 1.165) is 22.2 Å². The monoisotopic (exact) mass is 591 g/mol. The Balaban J connectivity index is 2.33. The molecule has 0 saturated carbocycles. The van der Waals surface area contributed by atoms with Gasteiger partial charge in [0.25, 0.3) is 0 Å². The van der Waals surface area contributed by atoms with E-state index in [9.17, 15) is 8.42 Å². The van der Waals surface area contributed by atoms with E-state index in [-0.39, 0.29) is 0 Å². The normalized spacial score (nSPS) is 12.4. The van der Waals surface area contributed by atoms with Crippen LogP contribution < -0.4 is 8.32 Å². The van der Waals surface area contributed by atoms with E-state index in [1.54, 1.807) is 23.2 Å². The van der Waals surface area contributed by atoms with Gasteiger partial charge in [0.1, 0.15) is 0 Å². The van der Waals surface area contributed by atoms with Gasteiger partial charge in [0, 0.05) is 0 Å². The predicted molar refractivity (Wildman–Crippen MR) is 147 cm³/mol. The minimum atomic E-state index is -3.71. The summed E-state index contributed by atoms with van der Waals surface area (Å²) in [5, 5.41) is 1.04. The van der Waals surface area contributed by atoms with Crippen LogP contribution in [0.15, 0.2) is 53.6 Å². The van der Waals surface area contributed by atoms with Gasteiger partial charge in [0.05, 0.1) is 0 Å². The molecule has 1 heterocycles. The topological polar surface area (TPSA) is 48.3 Å². The molecular weight excluding hydrogens is 549 g/mol. The number of aryl methyl sites for hydroxylation is 1. The summed E-state index contributed by atoms with van der Waals surface area (Å²) in [5.41, 5.74) is 1.80. The molecule has 0 aliphatic carbocycles. The molecule has 3 rings (SSSR count). The number of benzene rings is 2. The summed E-state index contributed by atoms with van der Waals surface area (Å²) in [6.07, 6.45) is 9.19. The molecule has 0 fully saturated rings. The number of rotatable bonds is 13. The van der Waals surface area contributed by atoms with E-state index in [2.05, 4.69) is 20.8 Å². The third-order valence-electron chi connectivity index (χ3n) is 7.15. The van der Waals surface area contributed by atoms with Crippen LogP contribution in [0.5, 0.6) is 5.75 Å². The van der Waals surface area contributed by atoms with Gasteiger partial charge in [0.15, 0.2) is 0 Å². The van der Waals surface area contributed by atoms with E-state index in [1.165, 1.54) is 55.4 Å². The third kappa shape index (κ3) is 5.51. The Morgan fingerprint density at radius 3 is 1.91 bits per heavy atom. The molecule has 6 heteroatoms. The number of methoxy groups -OCH3 is 1. The summed E-state index contributed by atoms with van der Waals surface area (Å²) in [4.78, 5) is 0.334. The van der Waals surface area contributed by atoms with Crippen molar-refractivity contribution in [3.63, 3.8) is 0 Å². The molecule has 0 bridgehead atoms. The number of aromatic nitrogens is 1. The SMILES string of the molecule is CCC[CH2][Sn]([CH2]CCC)([CH2]CCC)[c]1cn(S(=O)(=O)c2ccc(C)cc2)c2cccc(OC)c12. The van der Waals surface area contributed by atoms with Crippen LogP contribution >= 0.6 is 0 Å². The zero-order valence-electron chi connectivity index (χ0n) is 21.6. The molecule has 0 unspecified atom stereocenters. The maximum absolute atomic E-state index is 13.9. The second-order valence-electron chi connectivity index (χ2n) is 9.60. The van der Waals surface area contributed by atoms with Crippen molar-refractivity contribution in [2.45, 2.75) is 84.4 Å². The average molecular weight is 590 g/mol. The van der Waals surface area contributed by atoms with E-state index >= 15 is 0 Å². The van der Waals surface area contributed by atoms with Gasteiger partial charge in [-0.1, -0.05) is 0 Å². The van der Waals surface area contributed by atoms with E-state index in [0.29, 0.717) is 4.90 Å². The van der Waals surface area contributed by atoms with Gasteiger partial charge < -0.3 is 0 Å². The summed E-state index contributed by atoms with van der Waals surface area (Å²) in [6.45, 7) is 8.77. The zero-order valence-corrected chi connectivity index (χ0v) is 25.2. The first-order valence-electron chi connectivity index (χ1n) is 12.9.